The number of likely N-dealkylation sites (tertiary alicyclic amines) is 1. The molecule has 13 heavy (non-hydrogen) atoms. The third-order valence-electron chi connectivity index (χ3n) is 2.70. The van der Waals surface area contributed by atoms with Crippen molar-refractivity contribution in [3.63, 3.8) is 0 Å². The Morgan fingerprint density at radius 1 is 1.15 bits per heavy atom. The van der Waals surface area contributed by atoms with Gasteiger partial charge in [0.15, 0.2) is 0 Å². The summed E-state index contributed by atoms with van der Waals surface area (Å²) in [6.07, 6.45) is -1.99. The van der Waals surface area contributed by atoms with Gasteiger partial charge in [-0.25, -0.2) is 0 Å². The molecule has 1 N–H and O–H groups in total. The van der Waals surface area contributed by atoms with Crippen molar-refractivity contribution in [1.82, 2.24) is 10.2 Å². The van der Waals surface area contributed by atoms with Gasteiger partial charge in [0, 0.05) is 25.2 Å². The van der Waals surface area contributed by atoms with Gasteiger partial charge in [-0.2, -0.15) is 13.2 Å². The van der Waals surface area contributed by atoms with E-state index in [0.29, 0.717) is 25.2 Å². The molecule has 0 aromatic rings. The Morgan fingerprint density at radius 3 is 2.15 bits per heavy atom. The van der Waals surface area contributed by atoms with Gasteiger partial charge in [-0.3, -0.25) is 4.90 Å². The highest BCUT2D eigenvalue weighted by molar-refractivity contribution is 4.93. The van der Waals surface area contributed by atoms with E-state index >= 15 is 0 Å². The maximum absolute atomic E-state index is 12.1. The van der Waals surface area contributed by atoms with E-state index in [2.05, 4.69) is 5.32 Å². The number of rotatable bonds is 1. The lowest BCUT2D eigenvalue weighted by Gasteiger charge is -2.33. The van der Waals surface area contributed by atoms with E-state index in [0.717, 1.165) is 12.8 Å². The molecule has 2 aliphatic rings. The molecular formula is C8H13F3N2. The fourth-order valence-electron chi connectivity index (χ4n) is 2.27. The lowest BCUT2D eigenvalue weighted by Crippen LogP contribution is -2.53. The fourth-order valence-corrected chi connectivity index (χ4v) is 2.27. The Morgan fingerprint density at radius 2 is 1.69 bits per heavy atom. The SMILES string of the molecule is FC(F)(F)CN1CC2CC[C@H](C1)N2. The molecule has 0 saturated carbocycles. The summed E-state index contributed by atoms with van der Waals surface area (Å²) in [5.74, 6) is 0. The normalized spacial score (nSPS) is 35.3. The number of nitrogens with one attached hydrogen (secondary N) is 1. The van der Waals surface area contributed by atoms with Gasteiger partial charge in [0.25, 0.3) is 0 Å². The molecule has 76 valence electrons. The summed E-state index contributed by atoms with van der Waals surface area (Å²) in [5.41, 5.74) is 0. The quantitative estimate of drug-likeness (QED) is 0.669. The van der Waals surface area contributed by atoms with Gasteiger partial charge in [0.1, 0.15) is 0 Å². The number of nitrogens with zero attached hydrogens (tertiary/aromatic N) is 1. The maximum atomic E-state index is 12.1. The minimum Gasteiger partial charge on any atom is -0.309 e. The molecule has 2 saturated heterocycles. The van der Waals surface area contributed by atoms with E-state index in [4.69, 9.17) is 0 Å². The van der Waals surface area contributed by atoms with E-state index in [1.54, 1.807) is 0 Å². The molecule has 2 rings (SSSR count). The van der Waals surface area contributed by atoms with E-state index in [1.807, 2.05) is 0 Å². The summed E-state index contributed by atoms with van der Waals surface area (Å²) in [5, 5.41) is 3.30. The first-order valence-corrected chi connectivity index (χ1v) is 4.58. The lowest BCUT2D eigenvalue weighted by molar-refractivity contribution is -0.148. The molecule has 0 spiro atoms. The van der Waals surface area contributed by atoms with E-state index in [9.17, 15) is 13.2 Å². The van der Waals surface area contributed by atoms with Crippen LogP contribution >= 0.6 is 0 Å². The number of alkyl halides is 3. The van der Waals surface area contributed by atoms with Gasteiger partial charge in [0.2, 0.25) is 0 Å². The van der Waals surface area contributed by atoms with Crippen molar-refractivity contribution in [2.75, 3.05) is 19.6 Å². The highest BCUT2D eigenvalue weighted by atomic mass is 19.4. The molecule has 0 aromatic carbocycles. The van der Waals surface area contributed by atoms with Crippen molar-refractivity contribution < 1.29 is 13.2 Å². The summed E-state index contributed by atoms with van der Waals surface area (Å²) in [6.45, 7) is 0.355. The Bertz CT molecular complexity index is 180. The number of fused-ring (bicyclic) bond motifs is 2. The van der Waals surface area contributed by atoms with E-state index < -0.39 is 12.7 Å². The number of hydrogen-bond donors (Lipinski definition) is 1. The minimum absolute atomic E-state index is 0.293. The zero-order chi connectivity index (χ0) is 9.47. The molecule has 2 bridgehead atoms. The first-order chi connectivity index (χ1) is 6.03. The monoisotopic (exact) mass is 194 g/mol. The van der Waals surface area contributed by atoms with Crippen LogP contribution in [0, 0.1) is 0 Å². The van der Waals surface area contributed by atoms with Gasteiger partial charge in [-0.15, -0.1) is 0 Å². The summed E-state index contributed by atoms with van der Waals surface area (Å²) in [4.78, 5) is 1.51. The predicted molar refractivity (Wildman–Crippen MR) is 42.4 cm³/mol. The molecule has 1 unspecified atom stereocenters. The summed E-state index contributed by atoms with van der Waals surface area (Å²) >= 11 is 0. The van der Waals surface area contributed by atoms with Crippen LogP contribution in [0.2, 0.25) is 0 Å². The van der Waals surface area contributed by atoms with Crippen LogP contribution in [-0.2, 0) is 0 Å². The van der Waals surface area contributed by atoms with Crippen LogP contribution in [0.5, 0.6) is 0 Å². The number of hydrogen-bond acceptors (Lipinski definition) is 2. The van der Waals surface area contributed by atoms with Crippen molar-refractivity contribution >= 4 is 0 Å². The second-order valence-electron chi connectivity index (χ2n) is 3.95. The zero-order valence-electron chi connectivity index (χ0n) is 7.27. The van der Waals surface area contributed by atoms with Crippen molar-refractivity contribution in [1.29, 1.82) is 0 Å². The topological polar surface area (TPSA) is 15.3 Å². The smallest absolute Gasteiger partial charge is 0.309 e. The summed E-state index contributed by atoms with van der Waals surface area (Å²) < 4.78 is 36.2. The average Bonchev–Trinajstić information content (AvgIpc) is 2.27. The van der Waals surface area contributed by atoms with Gasteiger partial charge >= 0.3 is 6.18 Å². The molecular weight excluding hydrogens is 181 g/mol. The molecule has 2 nitrogen and oxygen atoms in total. The standard InChI is InChI=1S/C8H13F3N2/c9-8(10,11)5-13-3-6-1-2-7(4-13)12-6/h6-7,12H,1-5H2/t6-,7?/m1/s1. The number of halogens is 3. The van der Waals surface area contributed by atoms with Crippen LogP contribution in [0.1, 0.15) is 12.8 Å². The van der Waals surface area contributed by atoms with Gasteiger partial charge in [-0.05, 0) is 12.8 Å². The Balaban J connectivity index is 1.88. The van der Waals surface area contributed by atoms with Crippen LogP contribution in [0.25, 0.3) is 0 Å². The molecule has 0 amide bonds. The zero-order valence-corrected chi connectivity index (χ0v) is 7.27. The first kappa shape index (κ1) is 9.27. The van der Waals surface area contributed by atoms with Crippen LogP contribution in [0.4, 0.5) is 13.2 Å². The minimum atomic E-state index is -4.04. The second kappa shape index (κ2) is 3.13. The largest absolute Gasteiger partial charge is 0.401 e. The molecule has 0 radical (unpaired) electrons. The van der Waals surface area contributed by atoms with E-state index in [-0.39, 0.29) is 0 Å². The third-order valence-corrected chi connectivity index (χ3v) is 2.70. The number of piperazine rings is 1. The van der Waals surface area contributed by atoms with Crippen LogP contribution in [0.3, 0.4) is 0 Å². The molecule has 2 aliphatic heterocycles. The summed E-state index contributed by atoms with van der Waals surface area (Å²) in [6, 6.07) is 0.585. The maximum Gasteiger partial charge on any atom is 0.401 e. The molecule has 0 aromatic heterocycles. The predicted octanol–water partition coefficient (Wildman–Crippen LogP) is 0.985. The van der Waals surface area contributed by atoms with Crippen LogP contribution in [0.15, 0.2) is 0 Å². The Kier molecular flexibility index (Phi) is 2.23. The van der Waals surface area contributed by atoms with Crippen LogP contribution < -0.4 is 5.32 Å². The molecule has 2 heterocycles. The Hall–Kier alpha value is -0.290. The fraction of sp³-hybridized carbons (Fsp3) is 1.00. The second-order valence-corrected chi connectivity index (χ2v) is 3.95. The molecule has 5 heteroatoms. The van der Waals surface area contributed by atoms with Crippen LogP contribution in [-0.4, -0.2) is 42.8 Å². The highest BCUT2D eigenvalue weighted by Crippen LogP contribution is 2.23. The van der Waals surface area contributed by atoms with Gasteiger partial charge in [0.05, 0.1) is 6.54 Å². The first-order valence-electron chi connectivity index (χ1n) is 4.58. The molecule has 0 aliphatic carbocycles. The highest BCUT2D eigenvalue weighted by Gasteiger charge is 2.37. The van der Waals surface area contributed by atoms with Gasteiger partial charge < -0.3 is 5.32 Å². The Labute approximate surface area is 75.1 Å². The average molecular weight is 194 g/mol. The lowest BCUT2D eigenvalue weighted by atomic mass is 10.2. The van der Waals surface area contributed by atoms with Gasteiger partial charge in [-0.1, -0.05) is 0 Å². The van der Waals surface area contributed by atoms with Crippen molar-refractivity contribution in [3.8, 4) is 0 Å². The molecule has 2 atom stereocenters. The van der Waals surface area contributed by atoms with Crippen molar-refractivity contribution in [2.45, 2.75) is 31.1 Å². The molecule has 2 fully saturated rings. The summed E-state index contributed by atoms with van der Waals surface area (Å²) in [7, 11) is 0. The van der Waals surface area contributed by atoms with E-state index in [1.165, 1.54) is 4.90 Å². The third kappa shape index (κ3) is 2.34. The van der Waals surface area contributed by atoms with Crippen molar-refractivity contribution in [3.05, 3.63) is 0 Å². The van der Waals surface area contributed by atoms with Crippen molar-refractivity contribution in [2.24, 2.45) is 0 Å².